The van der Waals surface area contributed by atoms with Crippen LogP contribution in [-0.4, -0.2) is 0 Å². The van der Waals surface area contributed by atoms with Crippen LogP contribution in [0.3, 0.4) is 0 Å². The molecule has 0 amide bonds. The first-order valence-electron chi connectivity index (χ1n) is 18.8. The fourth-order valence-electron chi connectivity index (χ4n) is 8.50. The summed E-state index contributed by atoms with van der Waals surface area (Å²) < 4.78 is 0. The van der Waals surface area contributed by atoms with Crippen molar-refractivity contribution >= 4 is 11.6 Å². The highest BCUT2D eigenvalue weighted by Crippen LogP contribution is 2.43. The van der Waals surface area contributed by atoms with Crippen molar-refractivity contribution in [1.82, 2.24) is 0 Å². The third-order valence-electron chi connectivity index (χ3n) is 10.8. The molecule has 0 heterocycles. The average molecular weight is 673 g/mol. The SMILES string of the molecule is CC(C)(C)c1cc2c(cc1-c1ccccc1)=Cc1c(C3C=CC=C3)c(-c3ccccc3)c(C(C)(C)C)c(=C(Cc3ccccc3)c3ccccc3)c1=2. The van der Waals surface area contributed by atoms with E-state index < -0.39 is 0 Å². The standard InChI is InChI=1S/C52H48/c1-51(2,3)45-34-43-40(32-41(45)36-23-13-8-14-24-36)33-44-46(38-29-19-20-30-38)47(39-27-17-10-18-28-39)50(52(4,5)6)49(48(43)44)42(37-25-15-9-16-26-37)31-35-21-11-7-12-22-35/h7-30,32-34,38H,31H2,1-6H3. The number of fused-ring (bicyclic) bond motifs is 2. The van der Waals surface area contributed by atoms with Crippen molar-refractivity contribution in [3.8, 4) is 22.3 Å². The van der Waals surface area contributed by atoms with Crippen LogP contribution in [0.1, 0.15) is 80.8 Å². The van der Waals surface area contributed by atoms with Gasteiger partial charge in [0.15, 0.2) is 0 Å². The molecule has 0 aliphatic heterocycles. The average Bonchev–Trinajstić information content (AvgIpc) is 3.82. The lowest BCUT2D eigenvalue weighted by atomic mass is 9.73. The van der Waals surface area contributed by atoms with E-state index in [1.807, 2.05) is 0 Å². The molecule has 0 atom stereocenters. The minimum atomic E-state index is -0.174. The van der Waals surface area contributed by atoms with Crippen LogP contribution in [0, 0.1) is 10.4 Å². The van der Waals surface area contributed by atoms with Crippen molar-refractivity contribution in [2.45, 2.75) is 64.7 Å². The molecule has 52 heavy (non-hydrogen) atoms. The van der Waals surface area contributed by atoms with Crippen LogP contribution in [0.4, 0.5) is 0 Å². The van der Waals surface area contributed by atoms with Gasteiger partial charge in [0.1, 0.15) is 0 Å². The van der Waals surface area contributed by atoms with Gasteiger partial charge in [-0.25, -0.2) is 0 Å². The Bertz CT molecular complexity index is 2540. The number of allylic oxidation sites excluding steroid dienone is 4. The molecular weight excluding hydrogens is 625 g/mol. The summed E-state index contributed by atoms with van der Waals surface area (Å²) in [6.45, 7) is 14.3. The Morgan fingerprint density at radius 3 is 1.73 bits per heavy atom. The van der Waals surface area contributed by atoms with E-state index in [-0.39, 0.29) is 16.7 Å². The number of hydrogen-bond acceptors (Lipinski definition) is 0. The second kappa shape index (κ2) is 13.3. The van der Waals surface area contributed by atoms with Crippen molar-refractivity contribution in [3.05, 3.63) is 212 Å². The van der Waals surface area contributed by atoms with Crippen LogP contribution in [-0.2, 0) is 17.3 Å². The highest BCUT2D eigenvalue weighted by Gasteiger charge is 2.31. The fraction of sp³-hybridized carbons (Fsp3) is 0.192. The number of benzene rings is 6. The molecule has 2 aliphatic rings. The Morgan fingerprint density at radius 1 is 0.596 bits per heavy atom. The van der Waals surface area contributed by atoms with Gasteiger partial charge >= 0.3 is 0 Å². The smallest absolute Gasteiger partial charge is 0.0217 e. The lowest BCUT2D eigenvalue weighted by Gasteiger charge is -2.30. The van der Waals surface area contributed by atoms with Gasteiger partial charge in [0.25, 0.3) is 0 Å². The summed E-state index contributed by atoms with van der Waals surface area (Å²) in [5.74, 6) is 0.176. The Labute approximate surface area is 309 Å². The molecule has 0 heteroatoms. The zero-order valence-corrected chi connectivity index (χ0v) is 31.4. The Balaban J connectivity index is 1.70. The van der Waals surface area contributed by atoms with E-state index in [2.05, 4.69) is 205 Å². The first-order valence-corrected chi connectivity index (χ1v) is 18.8. The summed E-state index contributed by atoms with van der Waals surface area (Å²) in [6.07, 6.45) is 12.6. The molecule has 0 unspecified atom stereocenters. The fourth-order valence-corrected chi connectivity index (χ4v) is 8.50. The van der Waals surface area contributed by atoms with E-state index in [0.717, 1.165) is 6.42 Å². The molecule has 0 nitrogen and oxygen atoms in total. The molecule has 2 aliphatic carbocycles. The predicted molar refractivity (Wildman–Crippen MR) is 222 cm³/mol. The molecular formula is C52H48. The summed E-state index contributed by atoms with van der Waals surface area (Å²) >= 11 is 0. The van der Waals surface area contributed by atoms with Gasteiger partial charge in [0.05, 0.1) is 0 Å². The molecule has 6 aromatic rings. The minimum Gasteiger partial charge on any atom is -0.0732 e. The Morgan fingerprint density at radius 2 is 1.15 bits per heavy atom. The van der Waals surface area contributed by atoms with E-state index >= 15 is 0 Å². The third-order valence-corrected chi connectivity index (χ3v) is 10.8. The van der Waals surface area contributed by atoms with Gasteiger partial charge in [0.2, 0.25) is 0 Å². The molecule has 0 aromatic heterocycles. The summed E-state index contributed by atoms with van der Waals surface area (Å²) in [4.78, 5) is 0. The van der Waals surface area contributed by atoms with Crippen molar-refractivity contribution < 1.29 is 0 Å². The van der Waals surface area contributed by atoms with E-state index in [9.17, 15) is 0 Å². The highest BCUT2D eigenvalue weighted by atomic mass is 14.3. The first kappa shape index (κ1) is 33.7. The van der Waals surface area contributed by atoms with E-state index in [1.165, 1.54) is 82.1 Å². The van der Waals surface area contributed by atoms with Crippen LogP contribution in [0.2, 0.25) is 0 Å². The molecule has 0 saturated heterocycles. The van der Waals surface area contributed by atoms with Gasteiger partial charge in [-0.3, -0.25) is 0 Å². The zero-order chi connectivity index (χ0) is 36.0. The van der Waals surface area contributed by atoms with Crippen LogP contribution >= 0.6 is 0 Å². The quantitative estimate of drug-likeness (QED) is 0.165. The van der Waals surface area contributed by atoms with Crippen molar-refractivity contribution in [3.63, 3.8) is 0 Å². The van der Waals surface area contributed by atoms with Crippen molar-refractivity contribution in [1.29, 1.82) is 0 Å². The lowest BCUT2D eigenvalue weighted by molar-refractivity contribution is 0.585. The second-order valence-corrected chi connectivity index (χ2v) is 16.5. The van der Waals surface area contributed by atoms with Crippen molar-refractivity contribution in [2.24, 2.45) is 0 Å². The molecule has 0 N–H and O–H groups in total. The van der Waals surface area contributed by atoms with Crippen molar-refractivity contribution in [2.75, 3.05) is 0 Å². The van der Waals surface area contributed by atoms with E-state index in [4.69, 9.17) is 0 Å². The molecule has 0 bridgehead atoms. The van der Waals surface area contributed by atoms with Gasteiger partial charge < -0.3 is 0 Å². The van der Waals surface area contributed by atoms with E-state index in [0.29, 0.717) is 0 Å². The molecule has 8 rings (SSSR count). The summed E-state index contributed by atoms with van der Waals surface area (Å²) in [7, 11) is 0. The zero-order valence-electron chi connectivity index (χ0n) is 31.4. The molecule has 0 spiro atoms. The maximum Gasteiger partial charge on any atom is 0.0217 e. The highest BCUT2D eigenvalue weighted by molar-refractivity contribution is 5.84. The molecule has 0 saturated carbocycles. The van der Waals surface area contributed by atoms with E-state index in [1.54, 1.807) is 0 Å². The molecule has 0 fully saturated rings. The third kappa shape index (κ3) is 6.11. The van der Waals surface area contributed by atoms with Gasteiger partial charge in [-0.15, -0.1) is 0 Å². The normalized spacial score (nSPS) is 14.3. The van der Waals surface area contributed by atoms with Gasteiger partial charge in [-0.2, -0.15) is 0 Å². The summed E-state index contributed by atoms with van der Waals surface area (Å²) in [5, 5.41) is 5.40. The number of rotatable bonds is 6. The Kier molecular flexibility index (Phi) is 8.59. The lowest BCUT2D eigenvalue weighted by Crippen LogP contribution is -2.30. The number of hydrogen-bond donors (Lipinski definition) is 0. The predicted octanol–water partition coefficient (Wildman–Crippen LogP) is 11.7. The van der Waals surface area contributed by atoms with Crippen LogP contribution in [0.25, 0.3) is 33.9 Å². The summed E-state index contributed by atoms with van der Waals surface area (Å²) in [6, 6.07) is 49.4. The van der Waals surface area contributed by atoms with Crippen LogP contribution in [0.5, 0.6) is 0 Å². The second-order valence-electron chi connectivity index (χ2n) is 16.5. The van der Waals surface area contributed by atoms with Gasteiger partial charge in [0, 0.05) is 5.92 Å². The minimum absolute atomic E-state index is 0.0598. The largest absolute Gasteiger partial charge is 0.0732 e. The molecule has 6 aromatic carbocycles. The first-order chi connectivity index (χ1) is 25.1. The topological polar surface area (TPSA) is 0 Å². The Hall–Kier alpha value is -5.46. The van der Waals surface area contributed by atoms with Gasteiger partial charge in [-0.05, 0) is 118 Å². The monoisotopic (exact) mass is 672 g/mol. The molecule has 0 radical (unpaired) electrons. The molecule has 256 valence electrons. The van der Waals surface area contributed by atoms with Crippen LogP contribution < -0.4 is 10.4 Å². The van der Waals surface area contributed by atoms with Gasteiger partial charge in [-0.1, -0.05) is 187 Å². The maximum atomic E-state index is 2.55. The van der Waals surface area contributed by atoms with Crippen LogP contribution in [0.15, 0.2) is 158 Å². The maximum absolute atomic E-state index is 2.55. The summed E-state index contributed by atoms with van der Waals surface area (Å²) in [5.41, 5.74) is 14.5.